The van der Waals surface area contributed by atoms with E-state index in [1.807, 2.05) is 6.08 Å². The summed E-state index contributed by atoms with van der Waals surface area (Å²) in [6.07, 6.45) is 1.88. The highest BCUT2D eigenvalue weighted by molar-refractivity contribution is 8.23. The molecule has 0 aliphatic heterocycles. The third kappa shape index (κ3) is 5.57. The van der Waals surface area contributed by atoms with Crippen molar-refractivity contribution in [3.05, 3.63) is 12.7 Å². The first-order chi connectivity index (χ1) is 5.26. The van der Waals surface area contributed by atoms with Crippen LogP contribution in [-0.2, 0) is 0 Å². The maximum atomic E-state index is 5.18. The van der Waals surface area contributed by atoms with Crippen molar-refractivity contribution in [2.24, 2.45) is 0 Å². The highest BCUT2D eigenvalue weighted by atomic mass is 32.2. The third-order valence-electron chi connectivity index (χ3n) is 1.35. The van der Waals surface area contributed by atoms with Crippen molar-refractivity contribution in [2.45, 2.75) is 13.8 Å². The molecule has 72 valence electrons. The van der Waals surface area contributed by atoms with Crippen LogP contribution in [0, 0.1) is 0 Å². The summed E-state index contributed by atoms with van der Waals surface area (Å²) in [7, 11) is 0. The van der Waals surface area contributed by atoms with Crippen LogP contribution in [0.15, 0.2) is 12.7 Å². The van der Waals surface area contributed by atoms with Gasteiger partial charge in [-0.15, -0.1) is 6.58 Å². The van der Waals surface area contributed by atoms with Gasteiger partial charge in [-0.1, -0.05) is 30.1 Å². The molecule has 12 heavy (non-hydrogen) atoms. The zero-order chi connectivity index (χ0) is 8.69. The molecule has 0 bridgehead atoms. The van der Waals surface area contributed by atoms with E-state index in [1.54, 1.807) is 11.8 Å². The van der Waals surface area contributed by atoms with Crippen LogP contribution in [0.4, 0.5) is 0 Å². The Morgan fingerprint density at radius 1 is 1.50 bits per heavy atom. The molecule has 4 heteroatoms. The molecule has 0 rings (SSSR count). The fourth-order valence-electron chi connectivity index (χ4n) is 0.703. The van der Waals surface area contributed by atoms with Gasteiger partial charge in [0.15, 0.2) is 0 Å². The van der Waals surface area contributed by atoms with Gasteiger partial charge in [0.05, 0.1) is 0 Å². The molecule has 0 spiro atoms. The van der Waals surface area contributed by atoms with Gasteiger partial charge in [0.25, 0.3) is 0 Å². The minimum atomic E-state index is 0. The van der Waals surface area contributed by atoms with Crippen LogP contribution < -0.4 is 6.15 Å². The number of hydrogen-bond donors (Lipinski definition) is 1. The lowest BCUT2D eigenvalue weighted by Crippen LogP contribution is -2.26. The van der Waals surface area contributed by atoms with E-state index >= 15 is 0 Å². The van der Waals surface area contributed by atoms with Gasteiger partial charge in [-0.05, 0) is 13.8 Å². The van der Waals surface area contributed by atoms with E-state index in [4.69, 9.17) is 12.2 Å². The number of rotatable bonds is 4. The predicted molar refractivity (Wildman–Crippen MR) is 63.2 cm³/mol. The molecule has 2 nitrogen and oxygen atoms in total. The molecule has 0 aromatic rings. The molecule has 0 amide bonds. The Hall–Kier alpha value is -0.0600. The van der Waals surface area contributed by atoms with Crippen molar-refractivity contribution < 1.29 is 0 Å². The van der Waals surface area contributed by atoms with Crippen LogP contribution in [0.5, 0.6) is 0 Å². The molecule has 0 saturated carbocycles. The Kier molecular flexibility index (Phi) is 10.9. The molecular weight excluding hydrogens is 188 g/mol. The summed E-state index contributed by atoms with van der Waals surface area (Å²) < 4.78 is 0.981. The molecule has 0 atom stereocenters. The standard InChI is InChI=1S/C8H15NS2.H3N/c1-4-7-11-8(10)9(5-2)6-3;/h4H,1,5-7H2,2-3H3;1H3. The Morgan fingerprint density at radius 3 is 2.33 bits per heavy atom. The van der Waals surface area contributed by atoms with Gasteiger partial charge in [-0.2, -0.15) is 0 Å². The van der Waals surface area contributed by atoms with Crippen LogP contribution in [0.1, 0.15) is 13.8 Å². The monoisotopic (exact) mass is 206 g/mol. The second-order valence-electron chi connectivity index (χ2n) is 2.04. The smallest absolute Gasteiger partial charge is 0.136 e. The minimum absolute atomic E-state index is 0. The van der Waals surface area contributed by atoms with Gasteiger partial charge < -0.3 is 11.1 Å². The second-order valence-corrected chi connectivity index (χ2v) is 3.69. The van der Waals surface area contributed by atoms with Crippen LogP contribution in [0.25, 0.3) is 0 Å². The molecule has 3 N–H and O–H groups in total. The zero-order valence-electron chi connectivity index (χ0n) is 7.88. The Morgan fingerprint density at radius 2 is 2.00 bits per heavy atom. The molecule has 0 unspecified atom stereocenters. The quantitative estimate of drug-likeness (QED) is 0.567. The van der Waals surface area contributed by atoms with E-state index in [0.29, 0.717) is 0 Å². The first kappa shape index (κ1) is 14.5. The summed E-state index contributed by atoms with van der Waals surface area (Å²) in [6, 6.07) is 0. The van der Waals surface area contributed by atoms with Crippen LogP contribution >= 0.6 is 24.0 Å². The number of hydrogen-bond acceptors (Lipinski definition) is 3. The summed E-state index contributed by atoms with van der Waals surface area (Å²) >= 11 is 6.85. The molecule has 0 aromatic heterocycles. The molecule has 0 aliphatic rings. The summed E-state index contributed by atoms with van der Waals surface area (Å²) in [5, 5.41) is 0. The van der Waals surface area contributed by atoms with Crippen LogP contribution in [0.3, 0.4) is 0 Å². The lowest BCUT2D eigenvalue weighted by Gasteiger charge is -2.20. The Labute approximate surface area is 85.0 Å². The molecule has 0 heterocycles. The maximum Gasteiger partial charge on any atom is 0.136 e. The largest absolute Gasteiger partial charge is 0.358 e. The van der Waals surface area contributed by atoms with E-state index in [-0.39, 0.29) is 6.15 Å². The van der Waals surface area contributed by atoms with Gasteiger partial charge in [0.1, 0.15) is 4.32 Å². The average Bonchev–Trinajstić information content (AvgIpc) is 2.03. The van der Waals surface area contributed by atoms with E-state index in [9.17, 15) is 0 Å². The molecule has 0 radical (unpaired) electrons. The minimum Gasteiger partial charge on any atom is -0.358 e. The van der Waals surface area contributed by atoms with Crippen molar-refractivity contribution in [2.75, 3.05) is 18.8 Å². The first-order valence-corrected chi connectivity index (χ1v) is 5.18. The summed E-state index contributed by atoms with van der Waals surface area (Å²) in [6.45, 7) is 9.87. The lowest BCUT2D eigenvalue weighted by atomic mass is 10.6. The highest BCUT2D eigenvalue weighted by Gasteiger charge is 2.02. The van der Waals surface area contributed by atoms with Crippen molar-refractivity contribution in [3.8, 4) is 0 Å². The molecular formula is C8H18N2S2. The van der Waals surface area contributed by atoms with E-state index < -0.39 is 0 Å². The van der Waals surface area contributed by atoms with Crippen LogP contribution in [0.2, 0.25) is 0 Å². The number of thiocarbonyl (C=S) groups is 1. The fourth-order valence-corrected chi connectivity index (χ4v) is 1.87. The molecule has 0 aromatic carbocycles. The van der Waals surface area contributed by atoms with Gasteiger partial charge in [-0.25, -0.2) is 0 Å². The number of nitrogens with zero attached hydrogens (tertiary/aromatic N) is 1. The zero-order valence-corrected chi connectivity index (χ0v) is 9.51. The van der Waals surface area contributed by atoms with Gasteiger partial charge >= 0.3 is 0 Å². The van der Waals surface area contributed by atoms with E-state index in [2.05, 4.69) is 25.3 Å². The van der Waals surface area contributed by atoms with Gasteiger partial charge in [-0.3, -0.25) is 0 Å². The van der Waals surface area contributed by atoms with Crippen molar-refractivity contribution in [1.82, 2.24) is 11.1 Å². The number of thioether (sulfide) groups is 1. The Balaban J connectivity index is 0. The molecule has 0 saturated heterocycles. The van der Waals surface area contributed by atoms with E-state index in [1.165, 1.54) is 0 Å². The SMILES string of the molecule is C=CCSC(=S)N(CC)CC.N. The fraction of sp³-hybridized carbons (Fsp3) is 0.625. The van der Waals surface area contributed by atoms with Crippen molar-refractivity contribution in [3.63, 3.8) is 0 Å². The molecule has 0 fully saturated rings. The van der Waals surface area contributed by atoms with Gasteiger partial charge in [0.2, 0.25) is 0 Å². The predicted octanol–water partition coefficient (Wildman–Crippen LogP) is 2.69. The Bertz CT molecular complexity index is 133. The first-order valence-electron chi connectivity index (χ1n) is 3.78. The third-order valence-corrected chi connectivity index (χ3v) is 2.87. The van der Waals surface area contributed by atoms with Crippen LogP contribution in [-0.4, -0.2) is 28.1 Å². The second kappa shape index (κ2) is 9.03. The highest BCUT2D eigenvalue weighted by Crippen LogP contribution is 2.08. The molecule has 0 aliphatic carbocycles. The lowest BCUT2D eigenvalue weighted by molar-refractivity contribution is 0.482. The topological polar surface area (TPSA) is 38.2 Å². The average molecular weight is 206 g/mol. The van der Waals surface area contributed by atoms with Gasteiger partial charge in [0, 0.05) is 18.8 Å². The summed E-state index contributed by atoms with van der Waals surface area (Å²) in [5.74, 6) is 0.912. The summed E-state index contributed by atoms with van der Waals surface area (Å²) in [5.41, 5.74) is 0. The van der Waals surface area contributed by atoms with Crippen molar-refractivity contribution >= 4 is 28.3 Å². The van der Waals surface area contributed by atoms with E-state index in [0.717, 1.165) is 23.2 Å². The van der Waals surface area contributed by atoms with Crippen molar-refractivity contribution in [1.29, 1.82) is 0 Å². The maximum absolute atomic E-state index is 5.18. The summed E-state index contributed by atoms with van der Waals surface area (Å²) in [4.78, 5) is 2.17. The normalized spacial score (nSPS) is 8.50.